The second-order valence-electron chi connectivity index (χ2n) is 5.54. The third kappa shape index (κ3) is 3.88. The highest BCUT2D eigenvalue weighted by Gasteiger charge is 2.15. The van der Waals surface area contributed by atoms with Crippen LogP contribution in [0.25, 0.3) is 10.2 Å². The van der Waals surface area contributed by atoms with Crippen LogP contribution in [-0.2, 0) is 0 Å². The lowest BCUT2D eigenvalue weighted by Gasteiger charge is -2.16. The SMILES string of the molecule is CN=C(NCCNc1nc2ccccc2s1)NC1CCCC1. The standard InChI is InChI=1S/C16H23N5S/c1-17-15(20-12-6-2-3-7-12)18-10-11-19-16-21-13-8-4-5-9-14(13)22-16/h4-5,8-9,12H,2-3,6-7,10-11H2,1H3,(H,19,21)(H2,17,18,20). The summed E-state index contributed by atoms with van der Waals surface area (Å²) < 4.78 is 1.22. The molecule has 0 unspecified atom stereocenters. The van der Waals surface area contributed by atoms with E-state index < -0.39 is 0 Å². The molecule has 22 heavy (non-hydrogen) atoms. The number of nitrogens with zero attached hydrogens (tertiary/aromatic N) is 2. The molecule has 6 heteroatoms. The molecule has 0 bridgehead atoms. The van der Waals surface area contributed by atoms with Crippen LogP contribution in [0.15, 0.2) is 29.3 Å². The minimum atomic E-state index is 0.587. The molecule has 3 rings (SSSR count). The summed E-state index contributed by atoms with van der Waals surface area (Å²) in [7, 11) is 1.82. The molecule has 1 fully saturated rings. The van der Waals surface area contributed by atoms with Crippen molar-refractivity contribution in [1.82, 2.24) is 15.6 Å². The van der Waals surface area contributed by atoms with Gasteiger partial charge in [-0.2, -0.15) is 0 Å². The summed E-state index contributed by atoms with van der Waals surface area (Å²) in [6, 6.07) is 8.80. The molecule has 0 radical (unpaired) electrons. The number of nitrogens with one attached hydrogen (secondary N) is 3. The second-order valence-corrected chi connectivity index (χ2v) is 6.57. The van der Waals surface area contributed by atoms with Crippen LogP contribution in [-0.4, -0.2) is 37.1 Å². The Kier molecular flexibility index (Phi) is 5.11. The Morgan fingerprint density at radius 3 is 2.86 bits per heavy atom. The normalized spacial score (nSPS) is 16.1. The van der Waals surface area contributed by atoms with Gasteiger partial charge in [-0.25, -0.2) is 4.98 Å². The van der Waals surface area contributed by atoms with E-state index in [2.05, 4.69) is 32.0 Å². The Labute approximate surface area is 135 Å². The summed E-state index contributed by atoms with van der Waals surface area (Å²) in [6.07, 6.45) is 5.16. The van der Waals surface area contributed by atoms with Crippen molar-refractivity contribution < 1.29 is 0 Å². The molecule has 1 aliphatic carbocycles. The van der Waals surface area contributed by atoms with Gasteiger partial charge in [-0.1, -0.05) is 36.3 Å². The van der Waals surface area contributed by atoms with Gasteiger partial charge in [0.25, 0.3) is 0 Å². The van der Waals surface area contributed by atoms with Crippen molar-refractivity contribution in [2.24, 2.45) is 4.99 Å². The first kappa shape index (κ1) is 15.1. The summed E-state index contributed by atoms with van der Waals surface area (Å²) in [5, 5.41) is 11.2. The van der Waals surface area contributed by atoms with Crippen LogP contribution >= 0.6 is 11.3 Å². The lowest BCUT2D eigenvalue weighted by Crippen LogP contribution is -2.43. The van der Waals surface area contributed by atoms with Gasteiger partial charge in [-0.15, -0.1) is 0 Å². The summed E-state index contributed by atoms with van der Waals surface area (Å²) in [4.78, 5) is 8.85. The van der Waals surface area contributed by atoms with Crippen LogP contribution in [0.1, 0.15) is 25.7 Å². The number of thiazole rings is 1. The van der Waals surface area contributed by atoms with Gasteiger partial charge in [0, 0.05) is 26.2 Å². The van der Waals surface area contributed by atoms with Crippen LogP contribution < -0.4 is 16.0 Å². The topological polar surface area (TPSA) is 61.3 Å². The van der Waals surface area contributed by atoms with Crippen LogP contribution in [0.5, 0.6) is 0 Å². The first-order chi connectivity index (χ1) is 10.8. The van der Waals surface area contributed by atoms with E-state index >= 15 is 0 Å². The molecular weight excluding hydrogens is 294 g/mol. The molecule has 2 aromatic rings. The summed E-state index contributed by atoms with van der Waals surface area (Å²) in [5.41, 5.74) is 1.06. The predicted octanol–water partition coefficient (Wildman–Crippen LogP) is 2.82. The average Bonchev–Trinajstić information content (AvgIpc) is 3.19. The van der Waals surface area contributed by atoms with Crippen LogP contribution in [0.4, 0.5) is 5.13 Å². The Morgan fingerprint density at radius 1 is 1.27 bits per heavy atom. The summed E-state index contributed by atoms with van der Waals surface area (Å²) in [6.45, 7) is 1.65. The molecule has 0 saturated heterocycles. The molecular formula is C16H23N5S. The van der Waals surface area contributed by atoms with E-state index in [0.29, 0.717) is 6.04 Å². The number of para-hydroxylation sites is 1. The van der Waals surface area contributed by atoms with Crippen molar-refractivity contribution in [2.45, 2.75) is 31.7 Å². The van der Waals surface area contributed by atoms with Crippen LogP contribution in [0.3, 0.4) is 0 Å². The minimum Gasteiger partial charge on any atom is -0.360 e. The van der Waals surface area contributed by atoms with Crippen molar-refractivity contribution in [3.8, 4) is 0 Å². The third-order valence-electron chi connectivity index (χ3n) is 3.91. The molecule has 0 atom stereocenters. The highest BCUT2D eigenvalue weighted by molar-refractivity contribution is 7.22. The number of benzene rings is 1. The largest absolute Gasteiger partial charge is 0.360 e. The maximum Gasteiger partial charge on any atom is 0.191 e. The molecule has 0 spiro atoms. The average molecular weight is 317 g/mol. The smallest absolute Gasteiger partial charge is 0.191 e. The zero-order valence-electron chi connectivity index (χ0n) is 12.9. The van der Waals surface area contributed by atoms with Gasteiger partial charge in [0.2, 0.25) is 0 Å². The van der Waals surface area contributed by atoms with E-state index in [9.17, 15) is 0 Å². The lowest BCUT2D eigenvalue weighted by atomic mass is 10.2. The number of hydrogen-bond acceptors (Lipinski definition) is 4. The third-order valence-corrected chi connectivity index (χ3v) is 4.90. The predicted molar refractivity (Wildman–Crippen MR) is 94.9 cm³/mol. The number of anilines is 1. The van der Waals surface area contributed by atoms with E-state index in [-0.39, 0.29) is 0 Å². The maximum atomic E-state index is 4.57. The van der Waals surface area contributed by atoms with Gasteiger partial charge >= 0.3 is 0 Å². The first-order valence-corrected chi connectivity index (χ1v) is 8.73. The zero-order chi connectivity index (χ0) is 15.2. The van der Waals surface area contributed by atoms with E-state index in [0.717, 1.165) is 29.7 Å². The van der Waals surface area contributed by atoms with Gasteiger partial charge in [0.15, 0.2) is 11.1 Å². The molecule has 0 aliphatic heterocycles. The zero-order valence-corrected chi connectivity index (χ0v) is 13.7. The fourth-order valence-electron chi connectivity index (χ4n) is 2.76. The first-order valence-electron chi connectivity index (χ1n) is 7.92. The number of fused-ring (bicyclic) bond motifs is 1. The molecule has 5 nitrogen and oxygen atoms in total. The van der Waals surface area contributed by atoms with Crippen molar-refractivity contribution in [2.75, 3.05) is 25.5 Å². The van der Waals surface area contributed by atoms with E-state index in [1.54, 1.807) is 11.3 Å². The van der Waals surface area contributed by atoms with Gasteiger partial charge in [-0.3, -0.25) is 4.99 Å². The number of guanidine groups is 1. The summed E-state index contributed by atoms with van der Waals surface area (Å²) >= 11 is 1.69. The van der Waals surface area contributed by atoms with E-state index in [4.69, 9.17) is 0 Å². The van der Waals surface area contributed by atoms with Crippen LogP contribution in [0.2, 0.25) is 0 Å². The van der Waals surface area contributed by atoms with Crippen LogP contribution in [0, 0.1) is 0 Å². The minimum absolute atomic E-state index is 0.587. The van der Waals surface area contributed by atoms with Crippen molar-refractivity contribution in [3.63, 3.8) is 0 Å². The Morgan fingerprint density at radius 2 is 2.09 bits per heavy atom. The molecule has 118 valence electrons. The van der Waals surface area contributed by atoms with E-state index in [1.165, 1.54) is 30.4 Å². The number of rotatable bonds is 5. The number of aliphatic imine (C=N–C) groups is 1. The Balaban J connectivity index is 1.42. The molecule has 3 N–H and O–H groups in total. The molecule has 1 aliphatic rings. The van der Waals surface area contributed by atoms with Crippen molar-refractivity contribution in [1.29, 1.82) is 0 Å². The Hall–Kier alpha value is -1.82. The molecule has 0 amide bonds. The Bertz CT molecular complexity index is 597. The summed E-state index contributed by atoms with van der Waals surface area (Å²) in [5.74, 6) is 0.901. The number of aromatic nitrogens is 1. The van der Waals surface area contributed by atoms with Gasteiger partial charge in [0.1, 0.15) is 0 Å². The van der Waals surface area contributed by atoms with Gasteiger partial charge < -0.3 is 16.0 Å². The second kappa shape index (κ2) is 7.45. The fourth-order valence-corrected chi connectivity index (χ4v) is 3.65. The molecule has 1 aromatic carbocycles. The molecule has 1 saturated carbocycles. The van der Waals surface area contributed by atoms with Gasteiger partial charge in [-0.05, 0) is 25.0 Å². The highest BCUT2D eigenvalue weighted by atomic mass is 32.1. The molecule has 1 heterocycles. The lowest BCUT2D eigenvalue weighted by molar-refractivity contribution is 0.615. The number of hydrogen-bond donors (Lipinski definition) is 3. The fraction of sp³-hybridized carbons (Fsp3) is 0.500. The monoisotopic (exact) mass is 317 g/mol. The van der Waals surface area contributed by atoms with E-state index in [1.807, 2.05) is 25.2 Å². The van der Waals surface area contributed by atoms with Crippen molar-refractivity contribution >= 4 is 32.6 Å². The molecule has 1 aromatic heterocycles. The quantitative estimate of drug-likeness (QED) is 0.451. The van der Waals surface area contributed by atoms with Gasteiger partial charge in [0.05, 0.1) is 10.2 Å². The maximum absolute atomic E-state index is 4.57. The highest BCUT2D eigenvalue weighted by Crippen LogP contribution is 2.24. The van der Waals surface area contributed by atoms with Crippen molar-refractivity contribution in [3.05, 3.63) is 24.3 Å².